The number of amides is 3. The van der Waals surface area contributed by atoms with E-state index in [1.165, 1.54) is 4.90 Å². The molecule has 0 aromatic heterocycles. The molecule has 3 amide bonds. The van der Waals surface area contributed by atoms with Crippen LogP contribution in [0.1, 0.15) is 38.8 Å². The second-order valence-corrected chi connectivity index (χ2v) is 9.38. The molecule has 0 unspecified atom stereocenters. The van der Waals surface area contributed by atoms with Crippen LogP contribution in [0.5, 0.6) is 11.5 Å². The summed E-state index contributed by atoms with van der Waals surface area (Å²) < 4.78 is 16.2. The summed E-state index contributed by atoms with van der Waals surface area (Å²) in [6.07, 6.45) is -0.239. The van der Waals surface area contributed by atoms with Gasteiger partial charge in [0.2, 0.25) is 18.6 Å². The number of hydrogen-bond acceptors (Lipinski definition) is 6. The summed E-state index contributed by atoms with van der Waals surface area (Å²) in [5.74, 6) is 0.337. The van der Waals surface area contributed by atoms with Crippen LogP contribution in [0.3, 0.4) is 0 Å². The lowest BCUT2D eigenvalue weighted by Gasteiger charge is -2.37. The second-order valence-electron chi connectivity index (χ2n) is 9.38. The number of anilines is 1. The lowest BCUT2D eigenvalue weighted by atomic mass is 9.93. The van der Waals surface area contributed by atoms with Crippen molar-refractivity contribution in [2.24, 2.45) is 0 Å². The van der Waals surface area contributed by atoms with Crippen LogP contribution in [0.4, 0.5) is 10.5 Å². The van der Waals surface area contributed by atoms with E-state index in [1.54, 1.807) is 45.9 Å². The number of fused-ring (bicyclic) bond motifs is 2. The highest BCUT2D eigenvalue weighted by molar-refractivity contribution is 5.98. The molecule has 4 rings (SSSR count). The average molecular weight is 468 g/mol. The molecule has 2 aromatic rings. The van der Waals surface area contributed by atoms with E-state index in [-0.39, 0.29) is 13.3 Å². The van der Waals surface area contributed by atoms with E-state index >= 15 is 0 Å². The third-order valence-corrected chi connectivity index (χ3v) is 5.57. The van der Waals surface area contributed by atoms with Crippen LogP contribution in [-0.4, -0.2) is 47.3 Å². The molecule has 2 aliphatic heterocycles. The lowest BCUT2D eigenvalue weighted by molar-refractivity contribution is -0.130. The molecule has 9 heteroatoms. The first-order chi connectivity index (χ1) is 16.1. The van der Waals surface area contributed by atoms with Gasteiger partial charge in [-0.25, -0.2) is 4.79 Å². The summed E-state index contributed by atoms with van der Waals surface area (Å²) in [4.78, 5) is 40.3. The first kappa shape index (κ1) is 23.4. The molecule has 2 aliphatic rings. The number of carbonyl (C=O) groups excluding carboxylic acids is 3. The predicted octanol–water partition coefficient (Wildman–Crippen LogP) is 3.22. The van der Waals surface area contributed by atoms with Gasteiger partial charge in [-0.2, -0.15) is 0 Å². The molecule has 2 aromatic carbocycles. The Morgan fingerprint density at radius 2 is 1.76 bits per heavy atom. The van der Waals surface area contributed by atoms with E-state index in [2.05, 4.69) is 10.6 Å². The maximum absolute atomic E-state index is 13.2. The third-order valence-electron chi connectivity index (χ3n) is 5.57. The molecule has 0 fully saturated rings. The van der Waals surface area contributed by atoms with Crippen molar-refractivity contribution in [1.82, 2.24) is 10.2 Å². The fourth-order valence-electron chi connectivity index (χ4n) is 3.87. The van der Waals surface area contributed by atoms with Crippen LogP contribution in [-0.2, 0) is 27.3 Å². The van der Waals surface area contributed by atoms with Crippen LogP contribution in [0.25, 0.3) is 0 Å². The highest BCUT2D eigenvalue weighted by Gasteiger charge is 2.37. The Labute approximate surface area is 198 Å². The van der Waals surface area contributed by atoms with Crippen molar-refractivity contribution in [1.29, 1.82) is 0 Å². The number of carbonyl (C=O) groups is 3. The monoisotopic (exact) mass is 467 g/mol. The summed E-state index contributed by atoms with van der Waals surface area (Å²) in [5.41, 5.74) is 1.77. The van der Waals surface area contributed by atoms with Crippen molar-refractivity contribution in [2.45, 2.75) is 58.3 Å². The van der Waals surface area contributed by atoms with Crippen molar-refractivity contribution in [2.75, 3.05) is 12.1 Å². The summed E-state index contributed by atoms with van der Waals surface area (Å²) >= 11 is 0. The topological polar surface area (TPSA) is 106 Å². The van der Waals surface area contributed by atoms with Gasteiger partial charge in [0.05, 0.1) is 6.54 Å². The third kappa shape index (κ3) is 5.24. The van der Waals surface area contributed by atoms with Crippen LogP contribution in [0.15, 0.2) is 42.5 Å². The lowest BCUT2D eigenvalue weighted by Crippen LogP contribution is -2.56. The van der Waals surface area contributed by atoms with Gasteiger partial charge in [-0.05, 0) is 51.0 Å². The van der Waals surface area contributed by atoms with Crippen molar-refractivity contribution >= 4 is 23.6 Å². The van der Waals surface area contributed by atoms with Gasteiger partial charge >= 0.3 is 6.09 Å². The minimum absolute atomic E-state index is 0.137. The molecule has 2 heterocycles. The number of rotatable bonds is 4. The number of nitrogens with one attached hydrogen (secondary N) is 2. The zero-order chi connectivity index (χ0) is 24.5. The zero-order valence-corrected chi connectivity index (χ0v) is 19.7. The van der Waals surface area contributed by atoms with Gasteiger partial charge in [-0.15, -0.1) is 0 Å². The van der Waals surface area contributed by atoms with E-state index in [1.807, 2.05) is 24.3 Å². The van der Waals surface area contributed by atoms with Gasteiger partial charge in [0.15, 0.2) is 11.5 Å². The standard InChI is InChI=1S/C25H29N3O6/c1-15(22(29)27-18-9-10-20-21(12-18)33-14-32-20)26-23(30)19-11-16-7-5-6-8-17(16)13-28(19)24(31)34-25(2,3)4/h5-10,12,15,19H,11,13-14H2,1-4H3,(H,26,30)(H,27,29)/t15-,19-/m1/s1. The average Bonchev–Trinajstić information content (AvgIpc) is 3.24. The molecule has 0 saturated heterocycles. The van der Waals surface area contributed by atoms with E-state index in [0.29, 0.717) is 23.6 Å². The highest BCUT2D eigenvalue weighted by atomic mass is 16.7. The van der Waals surface area contributed by atoms with E-state index < -0.39 is 35.6 Å². The summed E-state index contributed by atoms with van der Waals surface area (Å²) in [6, 6.07) is 11.1. The normalized spacial score (nSPS) is 17.4. The first-order valence-corrected chi connectivity index (χ1v) is 11.2. The zero-order valence-electron chi connectivity index (χ0n) is 19.7. The number of nitrogens with zero attached hydrogens (tertiary/aromatic N) is 1. The molecule has 0 radical (unpaired) electrons. The van der Waals surface area contributed by atoms with Crippen molar-refractivity contribution in [3.63, 3.8) is 0 Å². The van der Waals surface area contributed by atoms with Crippen molar-refractivity contribution < 1.29 is 28.6 Å². The van der Waals surface area contributed by atoms with Crippen molar-refractivity contribution in [3.05, 3.63) is 53.6 Å². The molecule has 0 saturated carbocycles. The molecular formula is C25H29N3O6. The molecule has 0 aliphatic carbocycles. The van der Waals surface area contributed by atoms with Gasteiger partial charge in [-0.3, -0.25) is 14.5 Å². The molecule has 2 atom stereocenters. The smallest absolute Gasteiger partial charge is 0.411 e. The first-order valence-electron chi connectivity index (χ1n) is 11.2. The van der Waals surface area contributed by atoms with Gasteiger partial charge in [0, 0.05) is 18.2 Å². The second kappa shape index (κ2) is 9.24. The number of hydrogen-bond donors (Lipinski definition) is 2. The largest absolute Gasteiger partial charge is 0.454 e. The fraction of sp³-hybridized carbons (Fsp3) is 0.400. The Balaban J connectivity index is 1.45. The Morgan fingerprint density at radius 1 is 1.06 bits per heavy atom. The summed E-state index contributed by atoms with van der Waals surface area (Å²) in [7, 11) is 0. The van der Waals surface area contributed by atoms with Gasteiger partial charge < -0.3 is 24.8 Å². The Hall–Kier alpha value is -3.75. The maximum atomic E-state index is 13.2. The summed E-state index contributed by atoms with van der Waals surface area (Å²) in [5, 5.41) is 5.51. The highest BCUT2D eigenvalue weighted by Crippen LogP contribution is 2.34. The molecular weight excluding hydrogens is 438 g/mol. The Morgan fingerprint density at radius 3 is 2.50 bits per heavy atom. The number of ether oxygens (including phenoxy) is 3. The molecule has 0 spiro atoms. The van der Waals surface area contributed by atoms with Crippen LogP contribution in [0.2, 0.25) is 0 Å². The van der Waals surface area contributed by atoms with E-state index in [0.717, 1.165) is 11.1 Å². The quantitative estimate of drug-likeness (QED) is 0.715. The van der Waals surface area contributed by atoms with Crippen LogP contribution in [0, 0.1) is 0 Å². The van der Waals surface area contributed by atoms with E-state index in [4.69, 9.17) is 14.2 Å². The van der Waals surface area contributed by atoms with E-state index in [9.17, 15) is 14.4 Å². The minimum Gasteiger partial charge on any atom is -0.454 e. The van der Waals surface area contributed by atoms with Crippen molar-refractivity contribution in [3.8, 4) is 11.5 Å². The number of benzene rings is 2. The summed E-state index contributed by atoms with van der Waals surface area (Å²) in [6.45, 7) is 7.31. The van der Waals surface area contributed by atoms with Crippen LogP contribution >= 0.6 is 0 Å². The maximum Gasteiger partial charge on any atom is 0.411 e. The Kier molecular flexibility index (Phi) is 6.37. The minimum atomic E-state index is -0.837. The predicted molar refractivity (Wildman–Crippen MR) is 125 cm³/mol. The fourth-order valence-corrected chi connectivity index (χ4v) is 3.87. The molecule has 2 N–H and O–H groups in total. The SMILES string of the molecule is C[C@@H](NC(=O)[C@H]1Cc2ccccc2CN1C(=O)OC(C)(C)C)C(=O)Nc1ccc2c(c1)OCO2. The Bertz CT molecular complexity index is 1110. The molecule has 180 valence electrons. The molecule has 0 bridgehead atoms. The van der Waals surface area contributed by atoms with Gasteiger partial charge in [0.1, 0.15) is 17.7 Å². The molecule has 9 nitrogen and oxygen atoms in total. The van der Waals surface area contributed by atoms with Gasteiger partial charge in [-0.1, -0.05) is 24.3 Å². The van der Waals surface area contributed by atoms with Crippen LogP contribution < -0.4 is 20.1 Å². The molecule has 34 heavy (non-hydrogen) atoms. The van der Waals surface area contributed by atoms with Gasteiger partial charge in [0.25, 0.3) is 0 Å².